The van der Waals surface area contributed by atoms with Gasteiger partial charge in [-0.25, -0.2) is 4.99 Å². The van der Waals surface area contributed by atoms with Gasteiger partial charge in [0.05, 0.1) is 5.70 Å². The molecule has 2 fully saturated rings. The topological polar surface area (TPSA) is 43.3 Å². The van der Waals surface area contributed by atoms with E-state index in [1.165, 1.54) is 53.7 Å². The number of amidine groups is 1. The maximum Gasteiger partial charge on any atom is 0.150 e. The zero-order chi connectivity index (χ0) is 39.5. The molecule has 1 saturated heterocycles. The standard InChI is InChI=1S/C52H63N5O/c1-30-23-40-44(58-51(5)20-16-36-27-35-28-52(36,45(40)51)43-31(2)11-8-12-38(35)43)41(24-30)47-53-48(56(7)49(54-47)42-26-33-17-22-57(42)29-33)34-14-15-37(32(3)25-34)39-13-9-18-50(4)19-10-21-55(6)46(39)50/h8-10,12-16,18-20,24,26,30-33,35-36,45-48,53H,11,17,21-23,25,27-29H2,1-7H3. The summed E-state index contributed by atoms with van der Waals surface area (Å²) in [5.74, 6) is 6.05. The second kappa shape index (κ2) is 12.3. The highest BCUT2D eigenvalue weighted by Gasteiger charge is 2.68. The Labute approximate surface area is 347 Å². The smallest absolute Gasteiger partial charge is 0.150 e. The summed E-state index contributed by atoms with van der Waals surface area (Å²) in [7, 11) is 4.57. The van der Waals surface area contributed by atoms with E-state index in [0.717, 1.165) is 44.1 Å². The van der Waals surface area contributed by atoms with Crippen LogP contribution in [0, 0.1) is 52.3 Å². The molecular formula is C52H63N5O. The highest BCUT2D eigenvalue weighted by molar-refractivity contribution is 5.99. The van der Waals surface area contributed by atoms with Crippen LogP contribution in [-0.4, -0.2) is 78.2 Å². The molecule has 6 heteroatoms. The molecule has 0 aromatic heterocycles. The Hall–Kier alpha value is -3.87. The molecule has 4 bridgehead atoms. The molecule has 0 aromatic carbocycles. The molecule has 1 N–H and O–H groups in total. The molecule has 12 rings (SSSR count). The first-order chi connectivity index (χ1) is 28.0. The van der Waals surface area contributed by atoms with E-state index < -0.39 is 0 Å². The molecule has 13 unspecified atom stereocenters. The summed E-state index contributed by atoms with van der Waals surface area (Å²) in [6.07, 6.45) is 38.8. The van der Waals surface area contributed by atoms with Crippen LogP contribution in [-0.2, 0) is 4.74 Å². The zero-order valence-electron chi connectivity index (χ0n) is 35.8. The Kier molecular flexibility index (Phi) is 7.67. The van der Waals surface area contributed by atoms with Gasteiger partial charge in [-0.3, -0.25) is 10.2 Å². The summed E-state index contributed by atoms with van der Waals surface area (Å²) in [5, 5.41) is 4.20. The van der Waals surface area contributed by atoms with Crippen molar-refractivity contribution >= 4 is 5.84 Å². The number of likely N-dealkylation sites (N-methyl/N-ethyl adjacent to an activating group) is 2. The lowest BCUT2D eigenvalue weighted by Crippen LogP contribution is -2.57. The van der Waals surface area contributed by atoms with E-state index in [1.54, 1.807) is 16.7 Å². The lowest BCUT2D eigenvalue weighted by Gasteiger charge is -2.52. The molecule has 13 atom stereocenters. The van der Waals surface area contributed by atoms with Crippen molar-refractivity contribution in [2.45, 2.75) is 97.1 Å². The SMILES string of the molecule is CC1C=C(C2N=C(C3=CC4CCN3C4)N(C)C(C3=CC=C(C4=CC=CC5(C)C=CCN(C)C45)C(C)C3)N2)C2=C(C1)C1C(C)(C=CC3CC4CC31C1=C4C=CCC1C)O2. The fraction of sp³-hybridized carbons (Fsp3) is 0.558. The van der Waals surface area contributed by atoms with Gasteiger partial charge >= 0.3 is 0 Å². The molecule has 12 aliphatic rings. The van der Waals surface area contributed by atoms with Gasteiger partial charge in [0.1, 0.15) is 29.5 Å². The predicted octanol–water partition coefficient (Wildman–Crippen LogP) is 9.17. The number of nitrogens with zero attached hydrogens (tertiary/aromatic N) is 4. The van der Waals surface area contributed by atoms with Crippen molar-refractivity contribution in [1.29, 1.82) is 0 Å². The van der Waals surface area contributed by atoms with Crippen LogP contribution in [0.2, 0.25) is 0 Å². The molecule has 5 heterocycles. The molecule has 6 nitrogen and oxygen atoms in total. The van der Waals surface area contributed by atoms with Gasteiger partial charge in [0.25, 0.3) is 0 Å². The Morgan fingerprint density at radius 3 is 2.62 bits per heavy atom. The van der Waals surface area contributed by atoms with Crippen molar-refractivity contribution in [3.05, 3.63) is 129 Å². The van der Waals surface area contributed by atoms with Crippen LogP contribution in [0.1, 0.15) is 73.1 Å². The van der Waals surface area contributed by atoms with E-state index in [9.17, 15) is 0 Å². The van der Waals surface area contributed by atoms with Crippen molar-refractivity contribution in [2.75, 3.05) is 33.7 Å². The van der Waals surface area contributed by atoms with Crippen LogP contribution in [0.5, 0.6) is 0 Å². The van der Waals surface area contributed by atoms with Gasteiger partial charge in [-0.15, -0.1) is 0 Å². The number of fused-ring (bicyclic) bond motifs is 7. The minimum absolute atomic E-state index is 0.0167. The van der Waals surface area contributed by atoms with E-state index in [2.05, 4.69) is 148 Å². The van der Waals surface area contributed by atoms with Crippen molar-refractivity contribution < 1.29 is 4.74 Å². The summed E-state index contributed by atoms with van der Waals surface area (Å²) >= 11 is 0. The number of rotatable bonds is 4. The second-order valence-electron chi connectivity index (χ2n) is 21.1. The minimum atomic E-state index is -0.345. The van der Waals surface area contributed by atoms with E-state index in [-0.39, 0.29) is 28.8 Å². The first-order valence-corrected chi connectivity index (χ1v) is 22.9. The summed E-state index contributed by atoms with van der Waals surface area (Å²) in [6, 6.07) is 0.355. The lowest BCUT2D eigenvalue weighted by molar-refractivity contribution is -0.00811. The van der Waals surface area contributed by atoms with E-state index >= 15 is 0 Å². The molecule has 0 amide bonds. The fourth-order valence-corrected chi connectivity index (χ4v) is 15.1. The van der Waals surface area contributed by atoms with Crippen LogP contribution < -0.4 is 5.32 Å². The van der Waals surface area contributed by atoms with Gasteiger partial charge in [0.15, 0.2) is 0 Å². The molecule has 5 aliphatic heterocycles. The highest BCUT2D eigenvalue weighted by Crippen LogP contribution is 2.74. The van der Waals surface area contributed by atoms with Gasteiger partial charge in [-0.05, 0) is 122 Å². The zero-order valence-corrected chi connectivity index (χ0v) is 35.8. The molecule has 1 spiro atoms. The van der Waals surface area contributed by atoms with Crippen molar-refractivity contribution in [2.24, 2.45) is 57.2 Å². The number of hydrogen-bond donors (Lipinski definition) is 1. The van der Waals surface area contributed by atoms with Crippen LogP contribution in [0.25, 0.3) is 0 Å². The first-order valence-electron chi connectivity index (χ1n) is 22.9. The van der Waals surface area contributed by atoms with Gasteiger partial charge in [0.2, 0.25) is 0 Å². The second-order valence-corrected chi connectivity index (χ2v) is 21.1. The predicted molar refractivity (Wildman–Crippen MR) is 234 cm³/mol. The van der Waals surface area contributed by atoms with Crippen LogP contribution >= 0.6 is 0 Å². The summed E-state index contributed by atoms with van der Waals surface area (Å²) in [4.78, 5) is 13.4. The third-order valence-corrected chi connectivity index (χ3v) is 17.2. The lowest BCUT2D eigenvalue weighted by atomic mass is 9.51. The number of allylic oxidation sites excluding steroid dienone is 10. The van der Waals surface area contributed by atoms with Gasteiger partial charge in [-0.2, -0.15) is 0 Å². The van der Waals surface area contributed by atoms with Crippen molar-refractivity contribution in [3.63, 3.8) is 0 Å². The molecule has 0 radical (unpaired) electrons. The fourth-order valence-electron chi connectivity index (χ4n) is 15.1. The maximum atomic E-state index is 7.51. The summed E-state index contributed by atoms with van der Waals surface area (Å²) in [5.41, 5.74) is 11.9. The van der Waals surface area contributed by atoms with E-state index in [4.69, 9.17) is 9.73 Å². The number of aliphatic imine (C=N–C) groups is 1. The number of nitrogens with one attached hydrogen (secondary N) is 1. The average Bonchev–Trinajstić information content (AvgIpc) is 4.03. The van der Waals surface area contributed by atoms with Gasteiger partial charge in [-0.1, -0.05) is 106 Å². The maximum absolute atomic E-state index is 7.51. The molecule has 1 saturated carbocycles. The Morgan fingerprint density at radius 1 is 0.931 bits per heavy atom. The quantitative estimate of drug-likeness (QED) is 0.289. The molecular weight excluding hydrogens is 711 g/mol. The third kappa shape index (κ3) is 4.82. The summed E-state index contributed by atoms with van der Waals surface area (Å²) < 4.78 is 7.51. The van der Waals surface area contributed by atoms with Crippen LogP contribution in [0.4, 0.5) is 0 Å². The van der Waals surface area contributed by atoms with E-state index in [1.807, 2.05) is 0 Å². The number of ether oxygens (including phenoxy) is 1. The van der Waals surface area contributed by atoms with Crippen molar-refractivity contribution in [3.8, 4) is 0 Å². The Morgan fingerprint density at radius 2 is 1.81 bits per heavy atom. The molecule has 302 valence electrons. The van der Waals surface area contributed by atoms with Gasteiger partial charge < -0.3 is 14.5 Å². The Balaban J connectivity index is 0.937. The largest absolute Gasteiger partial charge is 0.482 e. The van der Waals surface area contributed by atoms with E-state index in [0.29, 0.717) is 47.5 Å². The highest BCUT2D eigenvalue weighted by atomic mass is 16.5. The monoisotopic (exact) mass is 774 g/mol. The number of hydrogen-bond acceptors (Lipinski definition) is 6. The van der Waals surface area contributed by atoms with Crippen LogP contribution in [0.3, 0.4) is 0 Å². The first kappa shape index (κ1) is 36.0. The Bertz CT molecular complexity index is 2270. The third-order valence-electron chi connectivity index (χ3n) is 17.2. The van der Waals surface area contributed by atoms with Crippen LogP contribution in [0.15, 0.2) is 134 Å². The van der Waals surface area contributed by atoms with Crippen molar-refractivity contribution in [1.82, 2.24) is 20.0 Å². The summed E-state index contributed by atoms with van der Waals surface area (Å²) in [6.45, 7) is 15.5. The molecule has 0 aromatic rings. The van der Waals surface area contributed by atoms with Gasteiger partial charge in [0, 0.05) is 55.0 Å². The normalized spacial score (nSPS) is 45.6. The average molecular weight is 774 g/mol. The molecule has 58 heavy (non-hydrogen) atoms. The minimum Gasteiger partial charge on any atom is -0.482 e. The molecule has 7 aliphatic carbocycles.